The maximum Gasteiger partial charge on any atom is 0.332 e. The third-order valence-corrected chi connectivity index (χ3v) is 1.69. The predicted molar refractivity (Wildman–Crippen MR) is 54.5 cm³/mol. The Morgan fingerprint density at radius 2 is 2.00 bits per heavy atom. The number of hydrogen-bond donors (Lipinski definition) is 3. The number of nitrogens with two attached hydrogens (primary N) is 1. The number of carboxylic acid groups (broad SMARTS) is 1. The van der Waals surface area contributed by atoms with Gasteiger partial charge in [0.05, 0.1) is 13.0 Å². The molecule has 1 amide bonds. The van der Waals surface area contributed by atoms with Crippen molar-refractivity contribution in [1.29, 1.82) is 0 Å². The van der Waals surface area contributed by atoms with Crippen LogP contribution in [0, 0.1) is 0 Å². The Bertz CT molecular complexity index is 279. The van der Waals surface area contributed by atoms with E-state index in [9.17, 15) is 14.4 Å². The van der Waals surface area contributed by atoms with Crippen molar-refractivity contribution in [2.75, 3.05) is 6.61 Å². The monoisotopic (exact) mass is 232 g/mol. The van der Waals surface area contributed by atoms with Crippen LogP contribution in [0.2, 0.25) is 0 Å². The molecule has 0 aliphatic rings. The van der Waals surface area contributed by atoms with E-state index in [4.69, 9.17) is 10.8 Å². The molecule has 0 aromatic rings. The second-order valence-corrected chi connectivity index (χ2v) is 3.24. The van der Waals surface area contributed by atoms with Gasteiger partial charge in [-0.25, -0.2) is 4.79 Å². The first-order valence-electron chi connectivity index (χ1n) is 4.82. The van der Waals surface area contributed by atoms with Gasteiger partial charge in [-0.05, 0) is 13.8 Å². The number of carbonyl (C=O) groups excluding carboxylic acids is 2. The van der Waals surface area contributed by atoms with Crippen molar-refractivity contribution in [1.82, 2.24) is 5.32 Å². The second-order valence-electron chi connectivity index (χ2n) is 3.24. The number of rotatable bonds is 6. The van der Waals surface area contributed by atoms with Crippen LogP contribution in [-0.4, -0.2) is 41.6 Å². The Kier molecular flexibility index (Phi) is 6.09. The van der Waals surface area contributed by atoms with Gasteiger partial charge in [-0.1, -0.05) is 0 Å². The summed E-state index contributed by atoms with van der Waals surface area (Å²) in [4.78, 5) is 32.7. The quantitative estimate of drug-likeness (QED) is 0.393. The normalized spacial score (nSPS) is 13.7. The molecule has 0 rings (SSSR count). The smallest absolute Gasteiger partial charge is 0.332 e. The summed E-state index contributed by atoms with van der Waals surface area (Å²) in [6.07, 6.45) is -0.235. The summed E-state index contributed by atoms with van der Waals surface area (Å²) in [5.74, 6) is -2.62. The minimum absolute atomic E-state index is 0.129. The van der Waals surface area contributed by atoms with Crippen LogP contribution in [0.3, 0.4) is 0 Å². The van der Waals surface area contributed by atoms with Gasteiger partial charge in [0.2, 0.25) is 5.91 Å². The van der Waals surface area contributed by atoms with Gasteiger partial charge in [0.15, 0.2) is 6.04 Å². The number of amides is 1. The average Bonchev–Trinajstić information content (AvgIpc) is 2.15. The van der Waals surface area contributed by atoms with Crippen molar-refractivity contribution in [3.63, 3.8) is 0 Å². The highest BCUT2D eigenvalue weighted by Gasteiger charge is 2.24. The van der Waals surface area contributed by atoms with Gasteiger partial charge in [-0.2, -0.15) is 0 Å². The van der Waals surface area contributed by atoms with Crippen LogP contribution >= 0.6 is 0 Å². The first-order chi connectivity index (χ1) is 7.38. The largest absolute Gasteiger partial charge is 0.481 e. The molecule has 0 fully saturated rings. The molecule has 0 saturated carbocycles. The average molecular weight is 232 g/mol. The van der Waals surface area contributed by atoms with E-state index in [1.54, 1.807) is 6.92 Å². The zero-order valence-electron chi connectivity index (χ0n) is 9.23. The zero-order valence-corrected chi connectivity index (χ0v) is 9.23. The first kappa shape index (κ1) is 14.4. The molecule has 0 radical (unpaired) electrons. The number of hydrogen-bond acceptors (Lipinski definition) is 5. The summed E-state index contributed by atoms with van der Waals surface area (Å²) in [5, 5.41) is 10.8. The van der Waals surface area contributed by atoms with Crippen LogP contribution in [0.1, 0.15) is 20.3 Å². The molecule has 7 nitrogen and oxygen atoms in total. The lowest BCUT2D eigenvalue weighted by molar-refractivity contribution is -0.148. The molecule has 4 N–H and O–H groups in total. The molecule has 0 bridgehead atoms. The van der Waals surface area contributed by atoms with Crippen molar-refractivity contribution in [2.24, 2.45) is 5.73 Å². The molecule has 16 heavy (non-hydrogen) atoms. The molecule has 0 spiro atoms. The number of ether oxygens (including phenoxy) is 1. The second kappa shape index (κ2) is 6.78. The molecule has 92 valence electrons. The highest BCUT2D eigenvalue weighted by atomic mass is 16.5. The van der Waals surface area contributed by atoms with Gasteiger partial charge >= 0.3 is 11.9 Å². The Morgan fingerprint density at radius 1 is 1.44 bits per heavy atom. The number of carbonyl (C=O) groups is 3. The summed E-state index contributed by atoms with van der Waals surface area (Å²) in [6.45, 7) is 3.23. The van der Waals surface area contributed by atoms with Crippen LogP contribution in [-0.2, 0) is 19.1 Å². The standard InChI is InChI=1S/C9H16N2O5/c1-3-16-9(15)7(10)8(14)11-5(2)4-6(12)13/h5,7H,3-4,10H2,1-2H3,(H,11,14)(H,12,13). The summed E-state index contributed by atoms with van der Waals surface area (Å²) >= 11 is 0. The fourth-order valence-electron chi connectivity index (χ4n) is 0.985. The van der Waals surface area contributed by atoms with Crippen molar-refractivity contribution in [2.45, 2.75) is 32.4 Å². The van der Waals surface area contributed by atoms with Gasteiger partial charge in [-0.3, -0.25) is 9.59 Å². The number of esters is 1. The van der Waals surface area contributed by atoms with E-state index < -0.39 is 29.9 Å². The van der Waals surface area contributed by atoms with Crippen LogP contribution < -0.4 is 11.1 Å². The zero-order chi connectivity index (χ0) is 12.7. The molecule has 0 aromatic carbocycles. The lowest BCUT2D eigenvalue weighted by atomic mass is 10.2. The molecule has 0 aliphatic heterocycles. The van der Waals surface area contributed by atoms with E-state index in [2.05, 4.69) is 10.1 Å². The predicted octanol–water partition coefficient (Wildman–Crippen LogP) is -1.14. The van der Waals surface area contributed by atoms with Crippen LogP contribution in [0.15, 0.2) is 0 Å². The molecule has 0 heterocycles. The Morgan fingerprint density at radius 3 is 2.44 bits per heavy atom. The lowest BCUT2D eigenvalue weighted by Crippen LogP contribution is -2.49. The minimum Gasteiger partial charge on any atom is -0.481 e. The number of carboxylic acids is 1. The van der Waals surface area contributed by atoms with Gasteiger partial charge < -0.3 is 20.9 Å². The Labute approximate surface area is 92.9 Å². The van der Waals surface area contributed by atoms with Crippen LogP contribution in [0.5, 0.6) is 0 Å². The highest BCUT2D eigenvalue weighted by Crippen LogP contribution is 1.93. The fraction of sp³-hybridized carbons (Fsp3) is 0.667. The molecule has 7 heteroatoms. The molecule has 2 atom stereocenters. The summed E-state index contributed by atoms with van der Waals surface area (Å²) < 4.78 is 4.55. The minimum atomic E-state index is -1.42. The fourth-order valence-corrected chi connectivity index (χ4v) is 0.985. The van der Waals surface area contributed by atoms with E-state index in [1.165, 1.54) is 6.92 Å². The van der Waals surface area contributed by atoms with Crippen molar-refractivity contribution < 1.29 is 24.2 Å². The number of aliphatic carboxylic acids is 1. The van der Waals surface area contributed by atoms with Gasteiger partial charge in [-0.15, -0.1) is 0 Å². The van der Waals surface area contributed by atoms with Gasteiger partial charge in [0.1, 0.15) is 0 Å². The summed E-state index contributed by atoms with van der Waals surface area (Å²) in [5.41, 5.74) is 5.29. The topological polar surface area (TPSA) is 119 Å². The lowest BCUT2D eigenvalue weighted by Gasteiger charge is -2.15. The maximum atomic E-state index is 11.3. The third kappa shape index (κ3) is 5.30. The summed E-state index contributed by atoms with van der Waals surface area (Å²) in [6, 6.07) is -2.01. The van der Waals surface area contributed by atoms with Crippen molar-refractivity contribution >= 4 is 17.8 Å². The maximum absolute atomic E-state index is 11.3. The number of nitrogens with one attached hydrogen (secondary N) is 1. The first-order valence-corrected chi connectivity index (χ1v) is 4.82. The molecule has 0 aromatic heterocycles. The molecule has 2 unspecified atom stereocenters. The van der Waals surface area contributed by atoms with Crippen molar-refractivity contribution in [3.8, 4) is 0 Å². The molecule has 0 saturated heterocycles. The Hall–Kier alpha value is -1.63. The van der Waals surface area contributed by atoms with Gasteiger partial charge in [0, 0.05) is 6.04 Å². The van der Waals surface area contributed by atoms with E-state index >= 15 is 0 Å². The highest BCUT2D eigenvalue weighted by molar-refractivity contribution is 6.01. The van der Waals surface area contributed by atoms with Crippen molar-refractivity contribution in [3.05, 3.63) is 0 Å². The molecule has 0 aliphatic carbocycles. The van der Waals surface area contributed by atoms with Gasteiger partial charge in [0.25, 0.3) is 0 Å². The molecular weight excluding hydrogens is 216 g/mol. The van der Waals surface area contributed by atoms with Crippen LogP contribution in [0.4, 0.5) is 0 Å². The third-order valence-electron chi connectivity index (χ3n) is 1.69. The SMILES string of the molecule is CCOC(=O)C(N)C(=O)NC(C)CC(=O)O. The van der Waals surface area contributed by atoms with E-state index in [-0.39, 0.29) is 13.0 Å². The van der Waals surface area contributed by atoms with E-state index in [0.717, 1.165) is 0 Å². The molecular formula is C9H16N2O5. The van der Waals surface area contributed by atoms with E-state index in [0.29, 0.717) is 0 Å². The van der Waals surface area contributed by atoms with E-state index in [1.807, 2.05) is 0 Å². The Balaban J connectivity index is 4.14. The van der Waals surface area contributed by atoms with Crippen LogP contribution in [0.25, 0.3) is 0 Å². The summed E-state index contributed by atoms with van der Waals surface area (Å²) in [7, 11) is 0.